The second kappa shape index (κ2) is 11.6. The molecule has 1 saturated carbocycles. The van der Waals surface area contributed by atoms with Crippen molar-refractivity contribution in [3.05, 3.63) is 76.0 Å². The molecular weight excluding hydrogens is 603 g/mol. The Labute approximate surface area is 254 Å². The van der Waals surface area contributed by atoms with Crippen molar-refractivity contribution in [2.45, 2.75) is 67.8 Å². The third kappa shape index (κ3) is 5.30. The van der Waals surface area contributed by atoms with Crippen LogP contribution < -0.4 is 14.2 Å². The van der Waals surface area contributed by atoms with E-state index in [1.807, 2.05) is 0 Å². The van der Waals surface area contributed by atoms with Gasteiger partial charge >= 0.3 is 5.97 Å². The highest BCUT2D eigenvalue weighted by atomic mass is 35.5. The molecule has 6 rings (SSSR count). The average molecular weight is 634 g/mol. The van der Waals surface area contributed by atoms with E-state index in [9.17, 15) is 13.2 Å². The van der Waals surface area contributed by atoms with Gasteiger partial charge in [0.05, 0.1) is 22.1 Å². The number of esters is 1. The number of sulfonamides is 1. The third-order valence-electron chi connectivity index (χ3n) is 8.04. The van der Waals surface area contributed by atoms with E-state index in [2.05, 4.69) is 4.98 Å². The number of carbonyl (C=O) groups is 1. The lowest BCUT2D eigenvalue weighted by molar-refractivity contribution is -0.153. The van der Waals surface area contributed by atoms with Crippen LogP contribution in [0.5, 0.6) is 17.2 Å². The second-order valence-electron chi connectivity index (χ2n) is 10.6. The minimum atomic E-state index is -3.92. The normalized spacial score (nSPS) is 20.1. The first-order valence-corrected chi connectivity index (χ1v) is 16.1. The highest BCUT2D eigenvalue weighted by molar-refractivity contribution is 7.89. The maximum atomic E-state index is 13.8. The zero-order valence-corrected chi connectivity index (χ0v) is 25.3. The minimum Gasteiger partial charge on any atom is -0.493 e. The Kier molecular flexibility index (Phi) is 7.99. The summed E-state index contributed by atoms with van der Waals surface area (Å²) < 4.78 is 52.8. The Morgan fingerprint density at radius 3 is 2.43 bits per heavy atom. The van der Waals surface area contributed by atoms with E-state index < -0.39 is 33.9 Å². The largest absolute Gasteiger partial charge is 0.493 e. The van der Waals surface area contributed by atoms with Gasteiger partial charge in [-0.05, 0) is 55.5 Å². The van der Waals surface area contributed by atoms with Gasteiger partial charge in [-0.2, -0.15) is 4.31 Å². The van der Waals surface area contributed by atoms with Gasteiger partial charge in [-0.1, -0.05) is 41.4 Å². The molecule has 2 fully saturated rings. The highest BCUT2D eigenvalue weighted by Gasteiger charge is 2.48. The molecule has 3 aliphatic rings. The van der Waals surface area contributed by atoms with Gasteiger partial charge in [0.25, 0.3) is 5.79 Å². The van der Waals surface area contributed by atoms with Gasteiger partial charge < -0.3 is 18.9 Å². The smallest absolute Gasteiger partial charge is 0.325 e. The summed E-state index contributed by atoms with van der Waals surface area (Å²) in [7, 11) is -2.37. The minimum absolute atomic E-state index is 0.0964. The molecule has 0 bridgehead atoms. The number of halogens is 2. The maximum absolute atomic E-state index is 13.8. The van der Waals surface area contributed by atoms with E-state index in [0.29, 0.717) is 64.1 Å². The molecule has 1 spiro atoms. The molecular formula is C30H30Cl2N2O7S. The predicted molar refractivity (Wildman–Crippen MR) is 156 cm³/mol. The molecule has 12 heteroatoms. The van der Waals surface area contributed by atoms with Crippen molar-refractivity contribution in [1.29, 1.82) is 0 Å². The van der Waals surface area contributed by atoms with E-state index >= 15 is 0 Å². The van der Waals surface area contributed by atoms with Crippen LogP contribution in [0.25, 0.3) is 0 Å². The van der Waals surface area contributed by atoms with Gasteiger partial charge in [0, 0.05) is 43.8 Å². The lowest BCUT2D eigenvalue weighted by atomic mass is 10.00. The molecule has 9 nitrogen and oxygen atoms in total. The van der Waals surface area contributed by atoms with Crippen LogP contribution in [0.2, 0.25) is 10.0 Å². The van der Waals surface area contributed by atoms with Crippen LogP contribution >= 0.6 is 23.2 Å². The topological polar surface area (TPSA) is 104 Å². The van der Waals surface area contributed by atoms with E-state index in [1.165, 1.54) is 28.8 Å². The number of fused-ring (bicyclic) bond motifs is 1. The number of carbonyl (C=O) groups excluding carboxylic acids is 1. The van der Waals surface area contributed by atoms with Crippen molar-refractivity contribution < 1.29 is 32.2 Å². The number of hydrogen-bond donors (Lipinski definition) is 0. The molecule has 0 radical (unpaired) electrons. The van der Waals surface area contributed by atoms with Gasteiger partial charge in [-0.3, -0.25) is 9.78 Å². The number of benzene rings is 2. The molecule has 222 valence electrons. The SMILES string of the molecule is COc1ccc([C@H](Cc2c(Cl)cncc2Cl)OC(=O)[C@@H]2CCCN2S(=O)(=O)c2ccccc2)c2c1OC1(CCCC1)O2. The number of ether oxygens (including phenoxy) is 4. The number of methoxy groups -OCH3 is 1. The average Bonchev–Trinajstić information content (AvgIpc) is 3.75. The Hall–Kier alpha value is -3.05. The number of rotatable bonds is 8. The molecule has 42 heavy (non-hydrogen) atoms. The van der Waals surface area contributed by atoms with Crippen LogP contribution in [0.4, 0.5) is 0 Å². The van der Waals surface area contributed by atoms with Gasteiger partial charge in [-0.15, -0.1) is 0 Å². The zero-order valence-electron chi connectivity index (χ0n) is 22.9. The molecule has 2 aliphatic heterocycles. The lowest BCUT2D eigenvalue weighted by Gasteiger charge is -2.27. The van der Waals surface area contributed by atoms with Crippen LogP contribution in [0.1, 0.15) is 55.8 Å². The molecule has 0 N–H and O–H groups in total. The van der Waals surface area contributed by atoms with Crippen molar-refractivity contribution in [1.82, 2.24) is 9.29 Å². The monoisotopic (exact) mass is 632 g/mol. The predicted octanol–water partition coefficient (Wildman–Crippen LogP) is 6.12. The van der Waals surface area contributed by atoms with Crippen molar-refractivity contribution in [3.63, 3.8) is 0 Å². The van der Waals surface area contributed by atoms with Crippen LogP contribution in [0.3, 0.4) is 0 Å². The highest BCUT2D eigenvalue weighted by Crippen LogP contribution is 2.54. The first-order valence-electron chi connectivity index (χ1n) is 13.9. The lowest BCUT2D eigenvalue weighted by Crippen LogP contribution is -2.41. The van der Waals surface area contributed by atoms with Crippen molar-refractivity contribution in [2.75, 3.05) is 13.7 Å². The van der Waals surface area contributed by atoms with E-state index in [1.54, 1.807) is 37.4 Å². The van der Waals surface area contributed by atoms with Crippen LogP contribution in [-0.2, 0) is 26.0 Å². The summed E-state index contributed by atoms with van der Waals surface area (Å²) in [6.45, 7) is 0.209. The first-order chi connectivity index (χ1) is 20.2. The Bertz CT molecular complexity index is 1580. The zero-order chi connectivity index (χ0) is 29.5. The maximum Gasteiger partial charge on any atom is 0.325 e. The molecule has 1 saturated heterocycles. The van der Waals surface area contributed by atoms with Crippen molar-refractivity contribution in [3.8, 4) is 17.2 Å². The quantitative estimate of drug-likeness (QED) is 0.274. The van der Waals surface area contributed by atoms with Crippen LogP contribution in [0, 0.1) is 0 Å². The fourth-order valence-corrected chi connectivity index (χ4v) is 8.12. The Balaban J connectivity index is 1.37. The molecule has 1 aliphatic carbocycles. The standard InChI is InChI=1S/C30H30Cl2N2O7S/c1-38-25-12-11-20(27-28(25)41-30(40-27)13-5-6-14-30)26(16-21-22(31)17-33-18-23(21)32)39-29(35)24-10-7-15-34(24)42(36,37)19-8-3-2-4-9-19/h2-4,8-9,11-12,17-18,24,26H,5-7,10,13-16H2,1H3/t24-,26-/m0/s1. The van der Waals surface area contributed by atoms with Crippen molar-refractivity contribution in [2.24, 2.45) is 0 Å². The molecule has 2 atom stereocenters. The van der Waals surface area contributed by atoms with Crippen molar-refractivity contribution >= 4 is 39.2 Å². The summed E-state index contributed by atoms with van der Waals surface area (Å²) in [5, 5.41) is 0.625. The molecule has 0 amide bonds. The van der Waals surface area contributed by atoms with Gasteiger partial charge in [0.15, 0.2) is 11.5 Å². The number of pyridine rings is 1. The van der Waals surface area contributed by atoms with Gasteiger partial charge in [0.2, 0.25) is 15.8 Å². The molecule has 2 aromatic carbocycles. The first kappa shape index (κ1) is 29.0. The fourth-order valence-electron chi connectivity index (χ4n) is 5.93. The van der Waals surface area contributed by atoms with E-state index in [4.69, 9.17) is 42.1 Å². The van der Waals surface area contributed by atoms with Gasteiger partial charge in [-0.25, -0.2) is 8.42 Å². The summed E-state index contributed by atoms with van der Waals surface area (Å²) in [5.41, 5.74) is 1.08. The van der Waals surface area contributed by atoms with Crippen LogP contribution in [0.15, 0.2) is 59.8 Å². The number of hydrogen-bond acceptors (Lipinski definition) is 8. The van der Waals surface area contributed by atoms with E-state index in [-0.39, 0.29) is 17.9 Å². The summed E-state index contributed by atoms with van der Waals surface area (Å²) in [6, 6.07) is 10.6. The molecule has 3 aromatic rings. The Morgan fingerprint density at radius 2 is 1.74 bits per heavy atom. The molecule has 1 aromatic heterocycles. The fraction of sp³-hybridized carbons (Fsp3) is 0.400. The van der Waals surface area contributed by atoms with Crippen LogP contribution in [-0.4, -0.2) is 49.2 Å². The second-order valence-corrected chi connectivity index (χ2v) is 13.3. The summed E-state index contributed by atoms with van der Waals surface area (Å²) >= 11 is 13.0. The summed E-state index contributed by atoms with van der Waals surface area (Å²) in [6.07, 6.45) is 6.30. The Morgan fingerprint density at radius 1 is 1.05 bits per heavy atom. The molecule has 0 unspecified atom stereocenters. The summed E-state index contributed by atoms with van der Waals surface area (Å²) in [4.78, 5) is 18.0. The molecule has 3 heterocycles. The number of aromatic nitrogens is 1. The summed E-state index contributed by atoms with van der Waals surface area (Å²) in [5.74, 6) is -0.108. The third-order valence-corrected chi connectivity index (χ3v) is 10.6. The number of nitrogens with zero attached hydrogens (tertiary/aromatic N) is 2. The van der Waals surface area contributed by atoms with E-state index in [0.717, 1.165) is 12.8 Å². The van der Waals surface area contributed by atoms with Gasteiger partial charge in [0.1, 0.15) is 12.1 Å².